The second kappa shape index (κ2) is 10.3. The fourth-order valence-electron chi connectivity index (χ4n) is 4.20. The number of carbonyl (C=O) groups is 2. The first kappa shape index (κ1) is 25.0. The topological polar surface area (TPSA) is 70.1 Å². The summed E-state index contributed by atoms with van der Waals surface area (Å²) in [4.78, 5) is 30.1. The highest BCUT2D eigenvalue weighted by molar-refractivity contribution is 6.51. The van der Waals surface area contributed by atoms with Crippen LogP contribution < -0.4 is 14.5 Å². The average molecular weight is 485 g/mol. The first-order chi connectivity index (χ1) is 17.2. The number of aliphatic hydroxyl groups is 1. The van der Waals surface area contributed by atoms with E-state index in [4.69, 9.17) is 4.74 Å². The second-order valence-corrected chi connectivity index (χ2v) is 9.72. The van der Waals surface area contributed by atoms with Crippen molar-refractivity contribution in [2.45, 2.75) is 26.8 Å². The maximum Gasteiger partial charge on any atom is 0.300 e. The Morgan fingerprint density at radius 3 is 2.11 bits per heavy atom. The first-order valence-electron chi connectivity index (χ1n) is 12.1. The van der Waals surface area contributed by atoms with E-state index in [0.717, 1.165) is 16.8 Å². The molecule has 186 valence electrons. The van der Waals surface area contributed by atoms with Crippen molar-refractivity contribution in [3.8, 4) is 5.75 Å². The molecule has 3 aromatic carbocycles. The Balaban J connectivity index is 1.81. The van der Waals surface area contributed by atoms with Crippen molar-refractivity contribution in [1.82, 2.24) is 0 Å². The summed E-state index contributed by atoms with van der Waals surface area (Å²) in [5.41, 5.74) is 3.88. The van der Waals surface area contributed by atoms with E-state index in [0.29, 0.717) is 29.5 Å². The third kappa shape index (κ3) is 4.98. The number of aliphatic hydroxyl groups excluding tert-OH is 1. The van der Waals surface area contributed by atoms with Crippen LogP contribution in [0.3, 0.4) is 0 Å². The van der Waals surface area contributed by atoms with Crippen molar-refractivity contribution in [1.29, 1.82) is 0 Å². The number of Topliss-reactive ketones (excluding diaryl/α,β-unsaturated/α-hetero) is 1. The quantitative estimate of drug-likeness (QED) is 0.264. The Hall–Kier alpha value is -4.06. The average Bonchev–Trinajstić information content (AvgIpc) is 3.13. The van der Waals surface area contributed by atoms with Crippen LogP contribution in [0, 0.1) is 12.8 Å². The Kier molecular flexibility index (Phi) is 7.15. The van der Waals surface area contributed by atoms with Crippen LogP contribution in [0.15, 0.2) is 78.4 Å². The number of benzene rings is 3. The second-order valence-electron chi connectivity index (χ2n) is 9.72. The standard InChI is InChI=1S/C30H32N2O4/c1-19(2)18-36-25-16-10-22(11-17-25)28(33)26-27(21-8-14-23(15-9-21)31(4)5)32(30(35)29(26)34)24-12-6-20(3)7-13-24/h6-17,19,27,33H,18H2,1-5H3/b28-26-. The minimum absolute atomic E-state index is 0.0639. The van der Waals surface area contributed by atoms with Crippen molar-refractivity contribution in [2.75, 3.05) is 30.5 Å². The number of rotatable bonds is 7. The van der Waals surface area contributed by atoms with Crippen molar-refractivity contribution in [3.63, 3.8) is 0 Å². The summed E-state index contributed by atoms with van der Waals surface area (Å²) in [5, 5.41) is 11.3. The van der Waals surface area contributed by atoms with Crippen LogP contribution in [0.4, 0.5) is 11.4 Å². The molecule has 1 fully saturated rings. The highest BCUT2D eigenvalue weighted by Crippen LogP contribution is 2.42. The van der Waals surface area contributed by atoms with E-state index in [1.807, 2.05) is 74.4 Å². The largest absolute Gasteiger partial charge is 0.507 e. The molecule has 3 aromatic rings. The molecular formula is C30H32N2O4. The maximum atomic E-state index is 13.3. The first-order valence-corrected chi connectivity index (χ1v) is 12.1. The molecule has 6 nitrogen and oxygen atoms in total. The molecule has 1 N–H and O–H groups in total. The lowest BCUT2D eigenvalue weighted by molar-refractivity contribution is -0.132. The minimum Gasteiger partial charge on any atom is -0.507 e. The highest BCUT2D eigenvalue weighted by atomic mass is 16.5. The Bertz CT molecular complexity index is 1270. The van der Waals surface area contributed by atoms with Gasteiger partial charge in [0.1, 0.15) is 11.5 Å². The third-order valence-electron chi connectivity index (χ3n) is 6.19. The van der Waals surface area contributed by atoms with E-state index in [1.54, 1.807) is 24.3 Å². The third-order valence-corrected chi connectivity index (χ3v) is 6.19. The molecule has 0 radical (unpaired) electrons. The fourth-order valence-corrected chi connectivity index (χ4v) is 4.20. The lowest BCUT2D eigenvalue weighted by atomic mass is 9.95. The van der Waals surface area contributed by atoms with E-state index in [1.165, 1.54) is 4.90 Å². The predicted molar refractivity (Wildman–Crippen MR) is 144 cm³/mol. The van der Waals surface area contributed by atoms with Gasteiger partial charge in [-0.05, 0) is 66.9 Å². The molecule has 0 aromatic heterocycles. The number of anilines is 2. The molecule has 36 heavy (non-hydrogen) atoms. The van der Waals surface area contributed by atoms with Gasteiger partial charge in [-0.25, -0.2) is 0 Å². The van der Waals surface area contributed by atoms with Crippen molar-refractivity contribution in [2.24, 2.45) is 5.92 Å². The van der Waals surface area contributed by atoms with Gasteiger partial charge < -0.3 is 14.7 Å². The molecule has 0 bridgehead atoms. The number of amides is 1. The van der Waals surface area contributed by atoms with Gasteiger partial charge in [-0.15, -0.1) is 0 Å². The summed E-state index contributed by atoms with van der Waals surface area (Å²) in [5.74, 6) is -0.528. The van der Waals surface area contributed by atoms with Gasteiger partial charge >= 0.3 is 0 Å². The molecule has 4 rings (SSSR count). The minimum atomic E-state index is -0.763. The zero-order chi connectivity index (χ0) is 26.0. The van der Waals surface area contributed by atoms with Crippen molar-refractivity contribution < 1.29 is 19.4 Å². The number of aryl methyl sites for hydroxylation is 1. The Morgan fingerprint density at radius 1 is 0.944 bits per heavy atom. The number of hydrogen-bond acceptors (Lipinski definition) is 5. The number of nitrogens with zero attached hydrogens (tertiary/aromatic N) is 2. The van der Waals surface area contributed by atoms with E-state index in [-0.39, 0.29) is 11.3 Å². The zero-order valence-electron chi connectivity index (χ0n) is 21.4. The van der Waals surface area contributed by atoms with Gasteiger partial charge in [0.05, 0.1) is 18.2 Å². The van der Waals surface area contributed by atoms with Crippen LogP contribution in [0.25, 0.3) is 5.76 Å². The van der Waals surface area contributed by atoms with E-state index < -0.39 is 17.7 Å². The number of ether oxygens (including phenoxy) is 1. The van der Waals surface area contributed by atoms with Crippen LogP contribution in [0.2, 0.25) is 0 Å². The molecule has 6 heteroatoms. The lowest BCUT2D eigenvalue weighted by Crippen LogP contribution is -2.29. The summed E-state index contributed by atoms with van der Waals surface area (Å²) < 4.78 is 5.74. The Labute approximate surface area is 212 Å². The molecule has 1 aliphatic rings. The van der Waals surface area contributed by atoms with Crippen LogP contribution in [-0.2, 0) is 9.59 Å². The molecule has 1 atom stereocenters. The van der Waals surface area contributed by atoms with E-state index in [9.17, 15) is 14.7 Å². The predicted octanol–water partition coefficient (Wildman–Crippen LogP) is 5.72. The molecule has 0 saturated carbocycles. The molecule has 1 unspecified atom stereocenters. The SMILES string of the molecule is Cc1ccc(N2C(=O)C(=O)/C(=C(\O)c3ccc(OCC(C)C)cc3)C2c2ccc(N(C)C)cc2)cc1. The van der Waals surface area contributed by atoms with Gasteiger partial charge in [0, 0.05) is 31.0 Å². The highest BCUT2D eigenvalue weighted by Gasteiger charge is 2.46. The van der Waals surface area contributed by atoms with Gasteiger partial charge in [-0.1, -0.05) is 43.7 Å². The molecule has 0 spiro atoms. The maximum absolute atomic E-state index is 13.3. The summed E-state index contributed by atoms with van der Waals surface area (Å²) >= 11 is 0. The zero-order valence-corrected chi connectivity index (χ0v) is 21.4. The van der Waals surface area contributed by atoms with Crippen molar-refractivity contribution >= 4 is 28.8 Å². The number of ketones is 1. The molecular weight excluding hydrogens is 452 g/mol. The summed E-state index contributed by atoms with van der Waals surface area (Å²) in [6, 6.07) is 21.3. The molecule has 1 aliphatic heterocycles. The molecule has 1 heterocycles. The monoisotopic (exact) mass is 484 g/mol. The van der Waals surface area contributed by atoms with Crippen molar-refractivity contribution in [3.05, 3.63) is 95.1 Å². The van der Waals surface area contributed by atoms with Gasteiger partial charge in [-0.2, -0.15) is 0 Å². The number of carbonyl (C=O) groups excluding carboxylic acids is 2. The van der Waals surface area contributed by atoms with Gasteiger partial charge in [-0.3, -0.25) is 14.5 Å². The van der Waals surface area contributed by atoms with Crippen LogP contribution in [0.1, 0.15) is 36.6 Å². The smallest absolute Gasteiger partial charge is 0.300 e. The van der Waals surface area contributed by atoms with E-state index >= 15 is 0 Å². The molecule has 1 saturated heterocycles. The van der Waals surface area contributed by atoms with Gasteiger partial charge in [0.2, 0.25) is 0 Å². The lowest BCUT2D eigenvalue weighted by Gasteiger charge is -2.26. The Morgan fingerprint density at radius 2 is 1.56 bits per heavy atom. The molecule has 0 aliphatic carbocycles. The summed E-state index contributed by atoms with van der Waals surface area (Å²) in [6.07, 6.45) is 0. The van der Waals surface area contributed by atoms with Crippen LogP contribution in [-0.4, -0.2) is 37.5 Å². The van der Waals surface area contributed by atoms with Gasteiger partial charge in [0.15, 0.2) is 0 Å². The van der Waals surface area contributed by atoms with Gasteiger partial charge in [0.25, 0.3) is 11.7 Å². The van der Waals surface area contributed by atoms with Crippen LogP contribution >= 0.6 is 0 Å². The fraction of sp³-hybridized carbons (Fsp3) is 0.267. The van der Waals surface area contributed by atoms with Crippen LogP contribution in [0.5, 0.6) is 5.75 Å². The normalized spacial score (nSPS) is 17.1. The number of hydrogen-bond donors (Lipinski definition) is 1. The summed E-state index contributed by atoms with van der Waals surface area (Å²) in [7, 11) is 3.89. The molecule has 1 amide bonds. The van der Waals surface area contributed by atoms with E-state index in [2.05, 4.69) is 13.8 Å². The summed E-state index contributed by atoms with van der Waals surface area (Å²) in [6.45, 7) is 6.68.